The van der Waals surface area contributed by atoms with E-state index in [1.807, 2.05) is 0 Å². The lowest BCUT2D eigenvalue weighted by Crippen LogP contribution is -2.01. The van der Waals surface area contributed by atoms with E-state index in [4.69, 9.17) is 0 Å². The van der Waals surface area contributed by atoms with Gasteiger partial charge in [0.15, 0.2) is 0 Å². The van der Waals surface area contributed by atoms with Crippen molar-refractivity contribution in [1.82, 2.24) is 0 Å². The molecular formula is C24H36O3S. The van der Waals surface area contributed by atoms with Gasteiger partial charge in [-0.2, -0.15) is 8.42 Å². The maximum absolute atomic E-state index is 11.8. The van der Waals surface area contributed by atoms with E-state index in [0.29, 0.717) is 0 Å². The van der Waals surface area contributed by atoms with E-state index >= 15 is 0 Å². The van der Waals surface area contributed by atoms with Gasteiger partial charge in [0.25, 0.3) is 10.1 Å². The average Bonchev–Trinajstić information content (AvgIpc) is 2.67. The lowest BCUT2D eigenvalue weighted by Gasteiger charge is -2.13. The molecule has 0 saturated carbocycles. The van der Waals surface area contributed by atoms with E-state index in [1.54, 1.807) is 12.1 Å². The van der Waals surface area contributed by atoms with Gasteiger partial charge in [-0.1, -0.05) is 83.4 Å². The summed E-state index contributed by atoms with van der Waals surface area (Å²) in [5, 5.41) is 2.12. The summed E-state index contributed by atoms with van der Waals surface area (Å²) in [6.45, 7) is 4.41. The van der Waals surface area contributed by atoms with Crippen LogP contribution in [0.4, 0.5) is 0 Å². The molecule has 0 unspecified atom stereocenters. The third kappa shape index (κ3) is 6.89. The fraction of sp³-hybridized carbons (Fsp3) is 0.583. The van der Waals surface area contributed by atoms with Gasteiger partial charge in [-0.3, -0.25) is 4.55 Å². The Hall–Kier alpha value is -1.39. The molecule has 156 valence electrons. The first-order valence-corrected chi connectivity index (χ1v) is 12.4. The number of rotatable bonds is 13. The first kappa shape index (κ1) is 22.9. The Balaban J connectivity index is 2.27. The maximum Gasteiger partial charge on any atom is 0.294 e. The summed E-state index contributed by atoms with van der Waals surface area (Å²) in [6.07, 6.45) is 13.7. The van der Waals surface area contributed by atoms with Crippen molar-refractivity contribution in [3.63, 3.8) is 0 Å². The fourth-order valence-corrected chi connectivity index (χ4v) is 4.47. The highest BCUT2D eigenvalue weighted by molar-refractivity contribution is 7.85. The van der Waals surface area contributed by atoms with Crippen LogP contribution in [-0.4, -0.2) is 13.0 Å². The van der Waals surface area contributed by atoms with Crippen LogP contribution in [0.3, 0.4) is 0 Å². The molecular weight excluding hydrogens is 368 g/mol. The van der Waals surface area contributed by atoms with Gasteiger partial charge in [0.05, 0.1) is 4.90 Å². The molecule has 2 rings (SSSR count). The van der Waals surface area contributed by atoms with Gasteiger partial charge in [0, 0.05) is 0 Å². The summed E-state index contributed by atoms with van der Waals surface area (Å²) in [7, 11) is -4.21. The molecule has 28 heavy (non-hydrogen) atoms. The zero-order valence-electron chi connectivity index (χ0n) is 17.5. The molecule has 2 aromatic rings. The minimum atomic E-state index is -4.21. The normalized spacial score (nSPS) is 12.0. The second kappa shape index (κ2) is 11.6. The van der Waals surface area contributed by atoms with E-state index < -0.39 is 10.1 Å². The quantitative estimate of drug-likeness (QED) is 0.286. The van der Waals surface area contributed by atoms with Crippen LogP contribution in [0, 0.1) is 0 Å². The fourth-order valence-electron chi connectivity index (χ4n) is 3.91. The van der Waals surface area contributed by atoms with Gasteiger partial charge in [-0.15, -0.1) is 0 Å². The summed E-state index contributed by atoms with van der Waals surface area (Å²) in [5.74, 6) is 0. The smallest absolute Gasteiger partial charge is 0.282 e. The summed E-state index contributed by atoms with van der Waals surface area (Å²) in [5.41, 5.74) is 2.22. The van der Waals surface area contributed by atoms with Crippen molar-refractivity contribution >= 4 is 20.9 Å². The Bertz CT molecular complexity index is 840. The van der Waals surface area contributed by atoms with Crippen molar-refractivity contribution in [2.24, 2.45) is 0 Å². The predicted octanol–water partition coefficient (Wildman–Crippen LogP) is 7.11. The van der Waals surface area contributed by atoms with Crippen LogP contribution in [-0.2, 0) is 23.0 Å². The molecule has 0 aliphatic heterocycles. The van der Waals surface area contributed by atoms with E-state index in [0.717, 1.165) is 48.4 Å². The van der Waals surface area contributed by atoms with Gasteiger partial charge in [0.2, 0.25) is 0 Å². The Morgan fingerprint density at radius 3 is 1.86 bits per heavy atom. The van der Waals surface area contributed by atoms with E-state index in [1.165, 1.54) is 50.5 Å². The predicted molar refractivity (Wildman–Crippen MR) is 119 cm³/mol. The standard InChI is InChI=1S/C24H36O3S/c1-3-5-7-9-11-14-20-16-13-17-23-21(15-12-10-8-6-4-2)18-22(19-24(20)23)28(25,26)27/h13,16-19H,3-12,14-15H2,1-2H3,(H,25,26,27). The Kier molecular flexibility index (Phi) is 9.46. The van der Waals surface area contributed by atoms with Crippen LogP contribution in [0.5, 0.6) is 0 Å². The van der Waals surface area contributed by atoms with Crippen molar-refractivity contribution < 1.29 is 13.0 Å². The van der Waals surface area contributed by atoms with E-state index in [2.05, 4.69) is 32.0 Å². The van der Waals surface area contributed by atoms with Crippen LogP contribution in [0.25, 0.3) is 10.8 Å². The topological polar surface area (TPSA) is 54.4 Å². The van der Waals surface area contributed by atoms with E-state index in [9.17, 15) is 13.0 Å². The van der Waals surface area contributed by atoms with Crippen molar-refractivity contribution in [2.75, 3.05) is 0 Å². The van der Waals surface area contributed by atoms with Gasteiger partial charge < -0.3 is 0 Å². The monoisotopic (exact) mass is 404 g/mol. The Morgan fingerprint density at radius 1 is 0.714 bits per heavy atom. The number of benzene rings is 2. The third-order valence-corrected chi connectivity index (χ3v) is 6.37. The summed E-state index contributed by atoms with van der Waals surface area (Å²) >= 11 is 0. The maximum atomic E-state index is 11.8. The molecule has 1 N–H and O–H groups in total. The largest absolute Gasteiger partial charge is 0.294 e. The van der Waals surface area contributed by atoms with Gasteiger partial charge in [-0.25, -0.2) is 0 Å². The molecule has 3 nitrogen and oxygen atoms in total. The molecule has 0 spiro atoms. The van der Waals surface area contributed by atoms with Crippen molar-refractivity contribution in [1.29, 1.82) is 0 Å². The average molecular weight is 405 g/mol. The molecule has 0 heterocycles. The zero-order valence-corrected chi connectivity index (χ0v) is 18.4. The highest BCUT2D eigenvalue weighted by atomic mass is 32.2. The van der Waals surface area contributed by atoms with E-state index in [-0.39, 0.29) is 4.90 Å². The molecule has 0 aromatic heterocycles. The second-order valence-electron chi connectivity index (χ2n) is 7.90. The first-order chi connectivity index (χ1) is 13.5. The highest BCUT2D eigenvalue weighted by Crippen LogP contribution is 2.29. The molecule has 0 aliphatic carbocycles. The number of hydrogen-bond acceptors (Lipinski definition) is 2. The third-order valence-electron chi connectivity index (χ3n) is 5.54. The molecule has 2 aromatic carbocycles. The molecule has 0 amide bonds. The van der Waals surface area contributed by atoms with Gasteiger partial charge in [0.1, 0.15) is 0 Å². The minimum Gasteiger partial charge on any atom is -0.282 e. The van der Waals surface area contributed by atoms with Gasteiger partial charge >= 0.3 is 0 Å². The lowest BCUT2D eigenvalue weighted by molar-refractivity contribution is 0.483. The van der Waals surface area contributed by atoms with Crippen LogP contribution in [0.15, 0.2) is 35.2 Å². The minimum absolute atomic E-state index is 0.0296. The van der Waals surface area contributed by atoms with Crippen LogP contribution < -0.4 is 0 Å². The van der Waals surface area contributed by atoms with Crippen molar-refractivity contribution in [2.45, 2.75) is 95.8 Å². The second-order valence-corrected chi connectivity index (χ2v) is 9.32. The number of aryl methyl sites for hydroxylation is 2. The summed E-state index contributed by atoms with van der Waals surface area (Å²) in [4.78, 5) is 0.0296. The number of hydrogen-bond donors (Lipinski definition) is 1. The highest BCUT2D eigenvalue weighted by Gasteiger charge is 2.15. The van der Waals surface area contributed by atoms with Crippen LogP contribution >= 0.6 is 0 Å². The first-order valence-electron chi connectivity index (χ1n) is 11.0. The number of unbranched alkanes of at least 4 members (excludes halogenated alkanes) is 8. The van der Waals surface area contributed by atoms with Crippen LogP contribution in [0.2, 0.25) is 0 Å². The number of fused-ring (bicyclic) bond motifs is 1. The molecule has 0 radical (unpaired) electrons. The molecule has 4 heteroatoms. The Labute approximate surface area is 171 Å². The molecule has 0 aliphatic rings. The Morgan fingerprint density at radius 2 is 1.29 bits per heavy atom. The molecule has 0 saturated heterocycles. The van der Waals surface area contributed by atoms with Crippen molar-refractivity contribution in [3.05, 3.63) is 41.5 Å². The van der Waals surface area contributed by atoms with Crippen LogP contribution in [0.1, 0.15) is 89.2 Å². The zero-order chi connectivity index (χ0) is 20.4. The lowest BCUT2D eigenvalue weighted by atomic mass is 9.94. The van der Waals surface area contributed by atoms with Gasteiger partial charge in [-0.05, 0) is 59.7 Å². The molecule has 0 bridgehead atoms. The van der Waals surface area contributed by atoms with Crippen molar-refractivity contribution in [3.8, 4) is 0 Å². The SMILES string of the molecule is CCCCCCCc1cc(S(=O)(=O)O)cc2c(CCCCCCC)cccc12. The summed E-state index contributed by atoms with van der Waals surface area (Å²) < 4.78 is 33.3. The summed E-state index contributed by atoms with van der Waals surface area (Å²) in [6, 6.07) is 9.60. The molecule has 0 fully saturated rings. The molecule has 0 atom stereocenters.